The van der Waals surface area contributed by atoms with E-state index in [-0.39, 0.29) is 17.3 Å². The lowest BCUT2D eigenvalue weighted by molar-refractivity contribution is 0.0945. The second-order valence-corrected chi connectivity index (χ2v) is 8.87. The van der Waals surface area contributed by atoms with Crippen molar-refractivity contribution in [2.45, 2.75) is 37.1 Å². The molecule has 144 valence electrons. The summed E-state index contributed by atoms with van der Waals surface area (Å²) in [5, 5.41) is 2.73. The number of benzene rings is 2. The van der Waals surface area contributed by atoms with Gasteiger partial charge in [-0.3, -0.25) is 4.79 Å². The molecule has 27 heavy (non-hydrogen) atoms. The summed E-state index contributed by atoms with van der Waals surface area (Å²) in [6, 6.07) is 12.1. The molecule has 2 aromatic rings. The lowest BCUT2D eigenvalue weighted by Crippen LogP contribution is -2.34. The van der Waals surface area contributed by atoms with Gasteiger partial charge in [-0.2, -0.15) is 0 Å². The Balaban J connectivity index is 1.71. The largest absolute Gasteiger partial charge is 0.352 e. The van der Waals surface area contributed by atoms with Crippen LogP contribution in [0.15, 0.2) is 47.4 Å². The lowest BCUT2D eigenvalue weighted by atomic mass is 9.99. The lowest BCUT2D eigenvalue weighted by Gasteiger charge is -2.18. The molecule has 0 radical (unpaired) electrons. The molecule has 0 aromatic heterocycles. The van der Waals surface area contributed by atoms with Crippen LogP contribution in [0.5, 0.6) is 0 Å². The van der Waals surface area contributed by atoms with E-state index in [9.17, 15) is 13.2 Å². The number of sulfonamides is 1. The molecule has 7 heteroatoms. The molecule has 1 amide bonds. The maximum absolute atomic E-state index is 12.6. The molecule has 0 aliphatic carbocycles. The third-order valence-electron chi connectivity index (χ3n) is 4.84. The predicted octanol–water partition coefficient (Wildman–Crippen LogP) is 2.07. The summed E-state index contributed by atoms with van der Waals surface area (Å²) in [6.07, 6.45) is 0.700. The Kier molecular flexibility index (Phi) is 5.64. The fraction of sp³-hybridized carbons (Fsp3) is 0.350. The summed E-state index contributed by atoms with van der Waals surface area (Å²) in [5.41, 5.74) is 9.50. The SMILES string of the molecule is CC(C)c1ccc(C(N)CNS(=O)(=O)c2ccc3c(c2)C(=O)NCC3)cc1. The Morgan fingerprint density at radius 3 is 2.44 bits per heavy atom. The first-order chi connectivity index (χ1) is 12.8. The fourth-order valence-corrected chi connectivity index (χ4v) is 4.17. The van der Waals surface area contributed by atoms with Crippen LogP contribution in [0.2, 0.25) is 0 Å². The maximum Gasteiger partial charge on any atom is 0.251 e. The zero-order chi connectivity index (χ0) is 19.6. The highest BCUT2D eigenvalue weighted by molar-refractivity contribution is 7.89. The van der Waals surface area contributed by atoms with Crippen molar-refractivity contribution in [2.24, 2.45) is 5.73 Å². The van der Waals surface area contributed by atoms with E-state index in [4.69, 9.17) is 5.73 Å². The maximum atomic E-state index is 12.6. The smallest absolute Gasteiger partial charge is 0.251 e. The van der Waals surface area contributed by atoms with Gasteiger partial charge >= 0.3 is 0 Å². The van der Waals surface area contributed by atoms with Gasteiger partial charge in [0.1, 0.15) is 0 Å². The van der Waals surface area contributed by atoms with Gasteiger partial charge in [-0.15, -0.1) is 0 Å². The molecule has 0 fully saturated rings. The molecule has 0 spiro atoms. The van der Waals surface area contributed by atoms with Crippen LogP contribution in [0.3, 0.4) is 0 Å². The van der Waals surface area contributed by atoms with Crippen molar-refractivity contribution in [2.75, 3.05) is 13.1 Å². The number of nitrogens with two attached hydrogens (primary N) is 1. The molecule has 0 bridgehead atoms. The normalized spacial score (nSPS) is 15.3. The van der Waals surface area contributed by atoms with Crippen molar-refractivity contribution in [3.63, 3.8) is 0 Å². The van der Waals surface area contributed by atoms with E-state index >= 15 is 0 Å². The molecule has 0 saturated heterocycles. The second-order valence-electron chi connectivity index (χ2n) is 7.10. The molecule has 1 heterocycles. The molecule has 1 atom stereocenters. The number of hydrogen-bond acceptors (Lipinski definition) is 4. The molecular formula is C20H25N3O3S. The zero-order valence-corrected chi connectivity index (χ0v) is 16.3. The highest BCUT2D eigenvalue weighted by Gasteiger charge is 2.22. The second kappa shape index (κ2) is 7.80. The topological polar surface area (TPSA) is 101 Å². The van der Waals surface area contributed by atoms with Crippen molar-refractivity contribution in [3.8, 4) is 0 Å². The molecule has 4 N–H and O–H groups in total. The minimum Gasteiger partial charge on any atom is -0.352 e. The first kappa shape index (κ1) is 19.5. The van der Waals surface area contributed by atoms with Crippen LogP contribution >= 0.6 is 0 Å². The summed E-state index contributed by atoms with van der Waals surface area (Å²) < 4.78 is 27.8. The van der Waals surface area contributed by atoms with E-state index in [1.165, 1.54) is 17.7 Å². The van der Waals surface area contributed by atoms with Crippen molar-refractivity contribution in [1.29, 1.82) is 0 Å². The van der Waals surface area contributed by atoms with Crippen molar-refractivity contribution in [1.82, 2.24) is 10.0 Å². The van der Waals surface area contributed by atoms with Gasteiger partial charge in [-0.05, 0) is 41.2 Å². The van der Waals surface area contributed by atoms with Crippen LogP contribution in [0.4, 0.5) is 0 Å². The average molecular weight is 388 g/mol. The van der Waals surface area contributed by atoms with Gasteiger partial charge < -0.3 is 11.1 Å². The monoisotopic (exact) mass is 387 g/mol. The molecule has 1 aliphatic heterocycles. The van der Waals surface area contributed by atoms with Crippen molar-refractivity contribution in [3.05, 3.63) is 64.7 Å². The summed E-state index contributed by atoms with van der Waals surface area (Å²) >= 11 is 0. The van der Waals surface area contributed by atoms with Crippen LogP contribution in [-0.2, 0) is 16.4 Å². The van der Waals surface area contributed by atoms with Crippen molar-refractivity contribution >= 4 is 15.9 Å². The van der Waals surface area contributed by atoms with Gasteiger partial charge in [0.15, 0.2) is 0 Å². The Bertz CT molecular complexity index is 937. The molecule has 1 unspecified atom stereocenters. The molecule has 1 aliphatic rings. The molecule has 0 saturated carbocycles. The summed E-state index contributed by atoms with van der Waals surface area (Å²) in [7, 11) is -3.75. The minimum atomic E-state index is -3.75. The van der Waals surface area contributed by atoms with E-state index in [2.05, 4.69) is 23.9 Å². The van der Waals surface area contributed by atoms with Crippen LogP contribution < -0.4 is 15.8 Å². The van der Waals surface area contributed by atoms with Crippen LogP contribution in [0.1, 0.15) is 52.9 Å². The quantitative estimate of drug-likeness (QED) is 0.706. The number of carbonyl (C=O) groups is 1. The first-order valence-electron chi connectivity index (χ1n) is 9.04. The molecule has 2 aromatic carbocycles. The predicted molar refractivity (Wildman–Crippen MR) is 105 cm³/mol. The first-order valence-corrected chi connectivity index (χ1v) is 10.5. The average Bonchev–Trinajstić information content (AvgIpc) is 2.66. The molecule has 3 rings (SSSR count). The van der Waals surface area contributed by atoms with E-state index in [1.807, 2.05) is 24.3 Å². The van der Waals surface area contributed by atoms with Crippen LogP contribution in [0.25, 0.3) is 0 Å². The van der Waals surface area contributed by atoms with Gasteiger partial charge in [-0.1, -0.05) is 44.2 Å². The summed E-state index contributed by atoms with van der Waals surface area (Å²) in [6.45, 7) is 4.87. The van der Waals surface area contributed by atoms with Gasteiger partial charge in [0.2, 0.25) is 10.0 Å². The van der Waals surface area contributed by atoms with Gasteiger partial charge in [0.25, 0.3) is 5.91 Å². The van der Waals surface area contributed by atoms with Crippen LogP contribution in [-0.4, -0.2) is 27.4 Å². The standard InChI is InChI=1S/C20H25N3O3S/c1-13(2)14-3-5-16(6-4-14)19(21)12-23-27(25,26)17-8-7-15-9-10-22-20(24)18(15)11-17/h3-8,11,13,19,23H,9-10,12,21H2,1-2H3,(H,22,24). The third kappa shape index (κ3) is 4.37. The molecular weight excluding hydrogens is 362 g/mol. The molecule has 6 nitrogen and oxygen atoms in total. The van der Waals surface area contributed by atoms with Crippen molar-refractivity contribution < 1.29 is 13.2 Å². The number of fused-ring (bicyclic) bond motifs is 1. The summed E-state index contributed by atoms with van der Waals surface area (Å²) in [5.74, 6) is 0.185. The summed E-state index contributed by atoms with van der Waals surface area (Å²) in [4.78, 5) is 12.0. The Hall–Kier alpha value is -2.22. The Labute approximate surface area is 160 Å². The van der Waals surface area contributed by atoms with Gasteiger partial charge in [0, 0.05) is 24.7 Å². The van der Waals surface area contributed by atoms with E-state index < -0.39 is 16.1 Å². The number of nitrogens with one attached hydrogen (secondary N) is 2. The number of carbonyl (C=O) groups excluding carboxylic acids is 1. The zero-order valence-electron chi connectivity index (χ0n) is 15.5. The van der Waals surface area contributed by atoms with E-state index in [1.54, 1.807) is 6.07 Å². The fourth-order valence-electron chi connectivity index (χ4n) is 3.09. The number of hydrogen-bond donors (Lipinski definition) is 3. The Morgan fingerprint density at radius 1 is 1.11 bits per heavy atom. The van der Waals surface area contributed by atoms with Gasteiger partial charge in [-0.25, -0.2) is 13.1 Å². The highest BCUT2D eigenvalue weighted by Crippen LogP contribution is 2.20. The minimum absolute atomic E-state index is 0.0701. The number of rotatable bonds is 6. The Morgan fingerprint density at radius 2 is 1.78 bits per heavy atom. The van der Waals surface area contributed by atoms with E-state index in [0.29, 0.717) is 24.4 Å². The van der Waals surface area contributed by atoms with E-state index in [0.717, 1.165) is 11.1 Å². The highest BCUT2D eigenvalue weighted by atomic mass is 32.2. The number of amides is 1. The van der Waals surface area contributed by atoms with Crippen LogP contribution in [0, 0.1) is 0 Å². The van der Waals surface area contributed by atoms with Gasteiger partial charge in [0.05, 0.1) is 4.90 Å². The third-order valence-corrected chi connectivity index (χ3v) is 6.26.